The van der Waals surface area contributed by atoms with Crippen LogP contribution in [0.15, 0.2) is 48.6 Å². The van der Waals surface area contributed by atoms with Gasteiger partial charge in [-0.1, -0.05) is 50.1 Å². The highest BCUT2D eigenvalue weighted by Gasteiger charge is 2.39. The van der Waals surface area contributed by atoms with Crippen LogP contribution in [0.5, 0.6) is 5.75 Å². The number of halogens is 1. The van der Waals surface area contributed by atoms with Crippen LogP contribution in [0, 0.1) is 23.7 Å². The van der Waals surface area contributed by atoms with E-state index in [9.17, 15) is 9.00 Å². The van der Waals surface area contributed by atoms with Crippen molar-refractivity contribution in [2.24, 2.45) is 23.7 Å². The molecular formula is C41H61ClN4O4S. The number of allylic oxidation sites excluding steroid dienone is 1. The number of aldehydes is 1. The summed E-state index contributed by atoms with van der Waals surface area (Å²) in [5.41, 5.74) is 4.32. The van der Waals surface area contributed by atoms with Gasteiger partial charge in [0.1, 0.15) is 12.0 Å². The van der Waals surface area contributed by atoms with Gasteiger partial charge in [-0.3, -0.25) is 4.79 Å². The van der Waals surface area contributed by atoms with Gasteiger partial charge in [-0.25, -0.2) is 8.93 Å². The number of likely N-dealkylation sites (N-methyl/N-ethyl adjacent to an activating group) is 1. The fraction of sp³-hybridized carbons (Fsp3) is 0.634. The predicted molar refractivity (Wildman–Crippen MR) is 212 cm³/mol. The van der Waals surface area contributed by atoms with E-state index in [1.165, 1.54) is 24.0 Å². The largest absolute Gasteiger partial charge is 0.491 e. The standard InChI is InChI=1S/C41H61ClN4O4S/c1-6-8-32-24-36(42)13-15-37(32)35-27-46(39-23-31(28-47)11-16-40(39)50-29-35)26-34-12-14-38(34)33(25-45-20-18-44(4)19-21-45)10-7-9-30(2)41(17-22-49-5)51(48)43-3/h7,10-11,13,15-16,23-24,28,30,33-35,38,41,43H,6,8-9,12,14,17-22,25-27,29H2,1-5H3/b10-7+. The molecule has 5 rings (SSSR count). The Hall–Kier alpha value is -2.27. The Morgan fingerprint density at radius 3 is 2.63 bits per heavy atom. The van der Waals surface area contributed by atoms with Gasteiger partial charge in [0, 0.05) is 76.0 Å². The third-order valence-electron chi connectivity index (χ3n) is 11.6. The van der Waals surface area contributed by atoms with E-state index in [4.69, 9.17) is 21.1 Å². The number of nitrogens with zero attached hydrogens (tertiary/aromatic N) is 3. The minimum absolute atomic E-state index is 0.0418. The maximum absolute atomic E-state index is 12.8. The molecule has 2 aromatic carbocycles. The highest BCUT2D eigenvalue weighted by molar-refractivity contribution is 7.83. The summed E-state index contributed by atoms with van der Waals surface area (Å²) in [7, 11) is 4.61. The molecule has 3 aliphatic rings. The number of benzene rings is 2. The Bertz CT molecular complexity index is 1470. The lowest BCUT2D eigenvalue weighted by atomic mass is 9.66. The molecule has 0 bridgehead atoms. The van der Waals surface area contributed by atoms with Gasteiger partial charge < -0.3 is 24.2 Å². The first-order valence-electron chi connectivity index (χ1n) is 19.1. The van der Waals surface area contributed by atoms with E-state index in [0.29, 0.717) is 36.5 Å². The number of aryl methyl sites for hydroxylation is 1. The lowest BCUT2D eigenvalue weighted by Gasteiger charge is -2.46. The minimum Gasteiger partial charge on any atom is -0.491 e. The van der Waals surface area contributed by atoms with Crippen molar-refractivity contribution in [2.75, 3.05) is 85.1 Å². The van der Waals surface area contributed by atoms with Crippen LogP contribution in [0.1, 0.15) is 73.4 Å². The van der Waals surface area contributed by atoms with Gasteiger partial charge in [0.2, 0.25) is 0 Å². The maximum Gasteiger partial charge on any atom is 0.150 e. The first-order chi connectivity index (χ1) is 24.7. The molecule has 1 saturated carbocycles. The second-order valence-electron chi connectivity index (χ2n) is 15.1. The molecule has 1 aliphatic carbocycles. The molecule has 7 unspecified atom stereocenters. The van der Waals surface area contributed by atoms with Crippen LogP contribution < -0.4 is 14.4 Å². The smallest absolute Gasteiger partial charge is 0.150 e. The van der Waals surface area contributed by atoms with Crippen LogP contribution in [-0.2, 0) is 22.1 Å². The molecule has 7 atom stereocenters. The van der Waals surface area contributed by atoms with Crippen molar-refractivity contribution in [3.63, 3.8) is 0 Å². The number of fused-ring (bicyclic) bond motifs is 1. The van der Waals surface area contributed by atoms with Crippen molar-refractivity contribution in [3.05, 3.63) is 70.3 Å². The van der Waals surface area contributed by atoms with Gasteiger partial charge >= 0.3 is 0 Å². The summed E-state index contributed by atoms with van der Waals surface area (Å²) in [5.74, 6) is 2.86. The average Bonchev–Trinajstić information content (AvgIpc) is 3.30. The third kappa shape index (κ3) is 10.7. The Kier molecular flexibility index (Phi) is 15.4. The summed E-state index contributed by atoms with van der Waals surface area (Å²) in [6.07, 6.45) is 11.9. The number of methoxy groups -OCH3 is 1. The molecular weight excluding hydrogens is 680 g/mol. The van der Waals surface area contributed by atoms with Crippen LogP contribution in [-0.4, -0.2) is 106 Å². The third-order valence-corrected chi connectivity index (χ3v) is 13.4. The van der Waals surface area contributed by atoms with Gasteiger partial charge in [0.15, 0.2) is 0 Å². The van der Waals surface area contributed by atoms with E-state index in [1.807, 2.05) is 24.3 Å². The highest BCUT2D eigenvalue weighted by atomic mass is 35.5. The van der Waals surface area contributed by atoms with Crippen LogP contribution in [0.3, 0.4) is 0 Å². The Morgan fingerprint density at radius 1 is 1.14 bits per heavy atom. The summed E-state index contributed by atoms with van der Waals surface area (Å²) in [6, 6.07) is 12.2. The van der Waals surface area contributed by atoms with Crippen molar-refractivity contribution in [2.45, 2.75) is 63.5 Å². The molecule has 51 heavy (non-hydrogen) atoms. The van der Waals surface area contributed by atoms with Crippen molar-refractivity contribution >= 4 is 34.6 Å². The summed E-state index contributed by atoms with van der Waals surface area (Å²) in [6.45, 7) is 12.9. The molecule has 2 aromatic rings. The summed E-state index contributed by atoms with van der Waals surface area (Å²) in [5, 5.41) is 0.819. The first kappa shape index (κ1) is 39.9. The molecule has 2 fully saturated rings. The second kappa shape index (κ2) is 19.7. The van der Waals surface area contributed by atoms with Gasteiger partial charge in [-0.15, -0.1) is 0 Å². The fourth-order valence-corrected chi connectivity index (χ4v) is 9.69. The number of nitrogens with one attached hydrogen (secondary N) is 1. The summed E-state index contributed by atoms with van der Waals surface area (Å²) >= 11 is 6.48. The van der Waals surface area contributed by atoms with Gasteiger partial charge in [-0.2, -0.15) is 0 Å². The number of carbonyl (C=O) groups excluding carboxylic acids is 1. The molecule has 2 aliphatic heterocycles. The number of ether oxygens (including phenoxy) is 2. The Labute approximate surface area is 314 Å². The number of hydrogen-bond acceptors (Lipinski definition) is 7. The first-order valence-corrected chi connectivity index (χ1v) is 20.7. The number of piperazine rings is 1. The molecule has 1 saturated heterocycles. The zero-order chi connectivity index (χ0) is 36.3. The Morgan fingerprint density at radius 2 is 1.94 bits per heavy atom. The molecule has 2 heterocycles. The second-order valence-corrected chi connectivity index (χ2v) is 17.1. The van der Waals surface area contributed by atoms with Crippen molar-refractivity contribution < 1.29 is 18.5 Å². The average molecular weight is 741 g/mol. The van der Waals surface area contributed by atoms with Crippen LogP contribution >= 0.6 is 11.6 Å². The minimum atomic E-state index is -1.09. The van der Waals surface area contributed by atoms with E-state index in [0.717, 1.165) is 94.2 Å². The molecule has 0 amide bonds. The Balaban J connectivity index is 1.38. The molecule has 0 spiro atoms. The number of anilines is 1. The van der Waals surface area contributed by atoms with Crippen LogP contribution in [0.2, 0.25) is 5.02 Å². The predicted octanol–water partition coefficient (Wildman–Crippen LogP) is 6.85. The number of rotatable bonds is 18. The van der Waals surface area contributed by atoms with E-state index in [-0.39, 0.29) is 17.1 Å². The molecule has 1 N–H and O–H groups in total. The molecule has 0 aromatic heterocycles. The summed E-state index contributed by atoms with van der Waals surface area (Å²) in [4.78, 5) is 19.5. The monoisotopic (exact) mass is 740 g/mol. The zero-order valence-electron chi connectivity index (χ0n) is 31.5. The topological polar surface area (TPSA) is 74.3 Å². The van der Waals surface area contributed by atoms with E-state index in [1.54, 1.807) is 14.2 Å². The number of carbonyl (C=O) groups is 1. The maximum atomic E-state index is 12.8. The van der Waals surface area contributed by atoms with Crippen molar-refractivity contribution in [3.8, 4) is 5.75 Å². The van der Waals surface area contributed by atoms with Crippen molar-refractivity contribution in [1.82, 2.24) is 14.5 Å². The molecule has 282 valence electrons. The van der Waals surface area contributed by atoms with Gasteiger partial charge in [0.05, 0.1) is 28.5 Å². The van der Waals surface area contributed by atoms with Crippen LogP contribution in [0.4, 0.5) is 5.69 Å². The molecule has 10 heteroatoms. The molecule has 0 radical (unpaired) electrons. The number of hydrogen-bond donors (Lipinski definition) is 1. The van der Waals surface area contributed by atoms with E-state index >= 15 is 0 Å². The highest BCUT2D eigenvalue weighted by Crippen LogP contribution is 2.44. The summed E-state index contributed by atoms with van der Waals surface area (Å²) < 4.78 is 27.7. The quantitative estimate of drug-likeness (QED) is 0.133. The van der Waals surface area contributed by atoms with Crippen LogP contribution in [0.25, 0.3) is 0 Å². The lowest BCUT2D eigenvalue weighted by Crippen LogP contribution is -2.49. The lowest BCUT2D eigenvalue weighted by molar-refractivity contribution is 0.0803. The SMILES string of the molecule is CCCc1cc(Cl)ccc1C1COc2ccc(C=O)cc2N(CC2CCC2C(/C=C/CC(C)C(CCOC)S(=O)NC)CN2CCN(C)CC2)C1. The van der Waals surface area contributed by atoms with E-state index < -0.39 is 11.0 Å². The molecule has 8 nitrogen and oxygen atoms in total. The van der Waals surface area contributed by atoms with Gasteiger partial charge in [0.25, 0.3) is 0 Å². The van der Waals surface area contributed by atoms with Crippen molar-refractivity contribution in [1.29, 1.82) is 0 Å². The van der Waals surface area contributed by atoms with E-state index in [2.05, 4.69) is 64.6 Å². The fourth-order valence-electron chi connectivity index (χ4n) is 8.35. The zero-order valence-corrected chi connectivity index (χ0v) is 33.1. The van der Waals surface area contributed by atoms with Gasteiger partial charge in [-0.05, 0) is 111 Å². The normalized spacial score (nSPS) is 23.9.